The molecule has 0 radical (unpaired) electrons. The Balaban J connectivity index is 1.75. The molecular weight excluding hydrogens is 352 g/mol. The third-order valence-electron chi connectivity index (χ3n) is 5.27. The Morgan fingerprint density at radius 3 is 2.42 bits per heavy atom. The SMILES string of the molecule is CCN(C(=O)C1CC(=O)N(c2cc(C)cc(C)c2)C1)C1CCS(=O)(=O)C1. The van der Waals surface area contributed by atoms with E-state index in [4.69, 9.17) is 0 Å². The Hall–Kier alpha value is -1.89. The normalized spacial score (nSPS) is 24.9. The molecule has 0 aromatic heterocycles. The molecule has 1 aromatic rings. The van der Waals surface area contributed by atoms with Gasteiger partial charge in [-0.2, -0.15) is 0 Å². The summed E-state index contributed by atoms with van der Waals surface area (Å²) in [6.45, 7) is 6.66. The fourth-order valence-corrected chi connectivity index (χ4v) is 5.81. The van der Waals surface area contributed by atoms with Crippen molar-refractivity contribution in [3.05, 3.63) is 29.3 Å². The lowest BCUT2D eigenvalue weighted by Gasteiger charge is -2.29. The van der Waals surface area contributed by atoms with Crippen molar-refractivity contribution in [2.45, 2.75) is 39.7 Å². The number of rotatable bonds is 4. The Morgan fingerprint density at radius 2 is 1.88 bits per heavy atom. The van der Waals surface area contributed by atoms with Crippen LogP contribution in [-0.4, -0.2) is 55.8 Å². The monoisotopic (exact) mass is 378 g/mol. The van der Waals surface area contributed by atoms with E-state index in [0.29, 0.717) is 19.5 Å². The van der Waals surface area contributed by atoms with Gasteiger partial charge in [0.15, 0.2) is 9.84 Å². The second-order valence-electron chi connectivity index (χ2n) is 7.43. The minimum atomic E-state index is -3.05. The van der Waals surface area contributed by atoms with Gasteiger partial charge in [-0.1, -0.05) is 6.07 Å². The number of hydrogen-bond donors (Lipinski definition) is 0. The molecule has 2 heterocycles. The van der Waals surface area contributed by atoms with E-state index in [1.54, 1.807) is 9.80 Å². The Bertz CT molecular complexity index is 814. The van der Waals surface area contributed by atoms with Crippen molar-refractivity contribution in [3.8, 4) is 0 Å². The first-order valence-electron chi connectivity index (χ1n) is 9.09. The first-order chi connectivity index (χ1) is 12.2. The molecule has 6 nitrogen and oxygen atoms in total. The molecule has 26 heavy (non-hydrogen) atoms. The second kappa shape index (κ2) is 7.02. The lowest BCUT2D eigenvalue weighted by atomic mass is 10.1. The molecule has 7 heteroatoms. The fourth-order valence-electron chi connectivity index (χ4n) is 4.08. The van der Waals surface area contributed by atoms with E-state index in [9.17, 15) is 18.0 Å². The van der Waals surface area contributed by atoms with Gasteiger partial charge in [-0.15, -0.1) is 0 Å². The number of hydrogen-bond acceptors (Lipinski definition) is 4. The average molecular weight is 378 g/mol. The summed E-state index contributed by atoms with van der Waals surface area (Å²) in [7, 11) is -3.05. The highest BCUT2D eigenvalue weighted by molar-refractivity contribution is 7.91. The van der Waals surface area contributed by atoms with Crippen LogP contribution in [0.1, 0.15) is 30.9 Å². The first kappa shape index (κ1) is 18.9. The second-order valence-corrected chi connectivity index (χ2v) is 9.66. The van der Waals surface area contributed by atoms with Crippen molar-refractivity contribution in [1.29, 1.82) is 0 Å². The summed E-state index contributed by atoms with van der Waals surface area (Å²) in [6.07, 6.45) is 0.672. The van der Waals surface area contributed by atoms with Gasteiger partial charge in [-0.3, -0.25) is 9.59 Å². The van der Waals surface area contributed by atoms with E-state index >= 15 is 0 Å². The maximum absolute atomic E-state index is 13.0. The topological polar surface area (TPSA) is 74.8 Å². The number of amides is 2. The Kier molecular flexibility index (Phi) is 5.10. The molecule has 0 N–H and O–H groups in total. The van der Waals surface area contributed by atoms with Gasteiger partial charge in [0.2, 0.25) is 11.8 Å². The van der Waals surface area contributed by atoms with Crippen LogP contribution in [0.4, 0.5) is 5.69 Å². The number of nitrogens with zero attached hydrogens (tertiary/aromatic N) is 2. The molecule has 2 saturated heterocycles. The third-order valence-corrected chi connectivity index (χ3v) is 7.02. The van der Waals surface area contributed by atoms with E-state index < -0.39 is 15.8 Å². The number of sulfone groups is 1. The highest BCUT2D eigenvalue weighted by atomic mass is 32.2. The first-order valence-corrected chi connectivity index (χ1v) is 10.9. The van der Waals surface area contributed by atoms with Crippen LogP contribution in [0.5, 0.6) is 0 Å². The molecule has 2 amide bonds. The lowest BCUT2D eigenvalue weighted by Crippen LogP contribution is -2.44. The molecule has 1 aromatic carbocycles. The number of carbonyl (C=O) groups is 2. The van der Waals surface area contributed by atoms with Crippen molar-refractivity contribution >= 4 is 27.3 Å². The van der Waals surface area contributed by atoms with Crippen LogP contribution in [0.2, 0.25) is 0 Å². The predicted octanol–water partition coefficient (Wildman–Crippen LogP) is 1.69. The Labute approximate surface area is 155 Å². The van der Waals surface area contributed by atoms with Gasteiger partial charge in [0, 0.05) is 31.2 Å². The van der Waals surface area contributed by atoms with E-state index in [0.717, 1.165) is 16.8 Å². The van der Waals surface area contributed by atoms with Crippen LogP contribution >= 0.6 is 0 Å². The summed E-state index contributed by atoms with van der Waals surface area (Å²) in [5.41, 5.74) is 2.98. The van der Waals surface area contributed by atoms with Crippen molar-refractivity contribution in [2.24, 2.45) is 5.92 Å². The molecule has 2 unspecified atom stereocenters. The standard InChI is InChI=1S/C19H26N2O4S/c1-4-20(16-5-6-26(24,25)12-16)19(23)15-10-18(22)21(11-15)17-8-13(2)7-14(3)9-17/h7-9,15-16H,4-6,10-12H2,1-3H3. The quantitative estimate of drug-likeness (QED) is 0.799. The zero-order valence-corrected chi connectivity index (χ0v) is 16.4. The largest absolute Gasteiger partial charge is 0.339 e. The molecule has 0 bridgehead atoms. The summed E-state index contributed by atoms with van der Waals surface area (Å²) in [4.78, 5) is 28.8. The van der Waals surface area contributed by atoms with Gasteiger partial charge < -0.3 is 9.80 Å². The zero-order valence-electron chi connectivity index (χ0n) is 15.6. The molecular formula is C19H26N2O4S. The minimum absolute atomic E-state index is 0.0357. The van der Waals surface area contributed by atoms with Crippen molar-refractivity contribution in [2.75, 3.05) is 29.5 Å². The Morgan fingerprint density at radius 1 is 1.23 bits per heavy atom. The van der Waals surface area contributed by atoms with E-state index in [-0.39, 0.29) is 35.8 Å². The van der Waals surface area contributed by atoms with Crippen LogP contribution in [0.25, 0.3) is 0 Å². The molecule has 0 saturated carbocycles. The zero-order chi connectivity index (χ0) is 19.1. The van der Waals surface area contributed by atoms with E-state index in [1.165, 1.54) is 0 Å². The van der Waals surface area contributed by atoms with Crippen molar-refractivity contribution in [1.82, 2.24) is 4.90 Å². The fraction of sp³-hybridized carbons (Fsp3) is 0.579. The summed E-state index contributed by atoms with van der Waals surface area (Å²) < 4.78 is 23.5. The van der Waals surface area contributed by atoms with Crippen molar-refractivity contribution < 1.29 is 18.0 Å². The van der Waals surface area contributed by atoms with Gasteiger partial charge in [0.1, 0.15) is 0 Å². The molecule has 3 rings (SSSR count). The van der Waals surface area contributed by atoms with Gasteiger partial charge in [0.25, 0.3) is 0 Å². The van der Waals surface area contributed by atoms with Crippen molar-refractivity contribution in [3.63, 3.8) is 0 Å². The summed E-state index contributed by atoms with van der Waals surface area (Å²) >= 11 is 0. The smallest absolute Gasteiger partial charge is 0.228 e. The molecule has 0 aliphatic carbocycles. The van der Waals surface area contributed by atoms with Crippen LogP contribution in [0, 0.1) is 19.8 Å². The predicted molar refractivity (Wildman–Crippen MR) is 101 cm³/mol. The lowest BCUT2D eigenvalue weighted by molar-refractivity contribution is -0.137. The van der Waals surface area contributed by atoms with Gasteiger partial charge in [0.05, 0.1) is 17.4 Å². The summed E-state index contributed by atoms with van der Waals surface area (Å²) in [5.74, 6) is -0.391. The molecule has 2 atom stereocenters. The number of aryl methyl sites for hydroxylation is 2. The van der Waals surface area contributed by atoms with Gasteiger partial charge in [-0.05, 0) is 50.5 Å². The molecule has 0 spiro atoms. The van der Waals surface area contributed by atoms with Crippen LogP contribution in [0.3, 0.4) is 0 Å². The van der Waals surface area contributed by atoms with Gasteiger partial charge >= 0.3 is 0 Å². The third kappa shape index (κ3) is 3.77. The molecule has 2 fully saturated rings. The van der Waals surface area contributed by atoms with Gasteiger partial charge in [-0.25, -0.2) is 8.42 Å². The number of carbonyl (C=O) groups excluding carboxylic acids is 2. The number of anilines is 1. The summed E-state index contributed by atoms with van der Waals surface area (Å²) in [5, 5.41) is 0. The van der Waals surface area contributed by atoms with Crippen LogP contribution in [-0.2, 0) is 19.4 Å². The molecule has 142 valence electrons. The minimum Gasteiger partial charge on any atom is -0.339 e. The highest BCUT2D eigenvalue weighted by Crippen LogP contribution is 2.29. The van der Waals surface area contributed by atoms with E-state index in [1.807, 2.05) is 39.0 Å². The summed E-state index contributed by atoms with van der Waals surface area (Å²) in [6, 6.07) is 5.70. The molecule has 2 aliphatic rings. The number of benzene rings is 1. The maximum atomic E-state index is 13.0. The van der Waals surface area contributed by atoms with Crippen LogP contribution in [0.15, 0.2) is 18.2 Å². The molecule has 2 aliphatic heterocycles. The average Bonchev–Trinajstić information content (AvgIpc) is 3.10. The highest BCUT2D eigenvalue weighted by Gasteiger charge is 2.41. The van der Waals surface area contributed by atoms with Crippen LogP contribution < -0.4 is 4.90 Å². The van der Waals surface area contributed by atoms with E-state index in [2.05, 4.69) is 0 Å². The maximum Gasteiger partial charge on any atom is 0.228 e.